The van der Waals surface area contributed by atoms with Crippen molar-refractivity contribution in [3.8, 4) is 0 Å². The topological polar surface area (TPSA) is 39.4 Å². The number of carbonyl (C=O) groups excluding carboxylic acids is 1. The molecule has 3 unspecified atom stereocenters. The van der Waals surface area contributed by atoms with Gasteiger partial charge in [-0.05, 0) is 51.4 Å². The third kappa shape index (κ3) is 1.82. The van der Waals surface area contributed by atoms with E-state index in [1.165, 1.54) is 6.42 Å². The Morgan fingerprint density at radius 1 is 1.19 bits per heavy atom. The average Bonchev–Trinajstić information content (AvgIpc) is 2.84. The maximum Gasteiger partial charge on any atom is 0.342 e. The van der Waals surface area contributed by atoms with Gasteiger partial charge in [0, 0.05) is 11.0 Å². The van der Waals surface area contributed by atoms with E-state index >= 15 is 0 Å². The maximum atomic E-state index is 12.6. The molecule has 0 spiro atoms. The Morgan fingerprint density at radius 2 is 1.86 bits per heavy atom. The van der Waals surface area contributed by atoms with Crippen LogP contribution in [0.2, 0.25) is 0 Å². The van der Waals surface area contributed by atoms with E-state index in [1.807, 2.05) is 20.8 Å². The molecule has 2 aliphatic rings. The van der Waals surface area contributed by atoms with Crippen molar-refractivity contribution in [2.24, 2.45) is 16.7 Å². The fraction of sp³-hybridized carbons (Fsp3) is 0.722. The molecule has 0 amide bonds. The van der Waals surface area contributed by atoms with Gasteiger partial charge in [-0.2, -0.15) is 0 Å². The highest BCUT2D eigenvalue weighted by molar-refractivity contribution is 5.92. The summed E-state index contributed by atoms with van der Waals surface area (Å²) in [7, 11) is 0. The molecule has 0 N–H and O–H groups in total. The highest BCUT2D eigenvalue weighted by atomic mass is 16.5. The van der Waals surface area contributed by atoms with E-state index in [0.717, 1.165) is 24.2 Å². The standard InChI is InChI=1S/C18H26O3/c1-10-11(2)20-12(3)15(10)16(19)21-14-9-13-7-8-18(14,6)17(13,4)5/h13-14H,7-9H2,1-6H3. The van der Waals surface area contributed by atoms with Crippen molar-refractivity contribution >= 4 is 5.97 Å². The summed E-state index contributed by atoms with van der Waals surface area (Å²) in [5.74, 6) is 1.94. The Morgan fingerprint density at radius 3 is 2.29 bits per heavy atom. The summed E-state index contributed by atoms with van der Waals surface area (Å²) >= 11 is 0. The lowest BCUT2D eigenvalue weighted by atomic mass is 9.70. The number of esters is 1. The molecule has 1 aromatic rings. The molecule has 0 radical (unpaired) electrons. The van der Waals surface area contributed by atoms with Gasteiger partial charge in [-0.15, -0.1) is 0 Å². The molecule has 3 rings (SSSR count). The second-order valence-electron chi connectivity index (χ2n) is 7.72. The van der Waals surface area contributed by atoms with Crippen molar-refractivity contribution in [1.29, 1.82) is 0 Å². The molecule has 2 fully saturated rings. The number of fused-ring (bicyclic) bond motifs is 2. The highest BCUT2D eigenvalue weighted by Crippen LogP contribution is 2.66. The smallest absolute Gasteiger partial charge is 0.342 e. The summed E-state index contributed by atoms with van der Waals surface area (Å²) in [4.78, 5) is 12.6. The van der Waals surface area contributed by atoms with Gasteiger partial charge in [0.05, 0.1) is 0 Å². The molecular weight excluding hydrogens is 264 g/mol. The van der Waals surface area contributed by atoms with Crippen LogP contribution in [-0.2, 0) is 4.74 Å². The first-order valence-electron chi connectivity index (χ1n) is 7.96. The van der Waals surface area contributed by atoms with Gasteiger partial charge < -0.3 is 9.15 Å². The van der Waals surface area contributed by atoms with Crippen LogP contribution in [-0.4, -0.2) is 12.1 Å². The van der Waals surface area contributed by atoms with Crippen molar-refractivity contribution in [3.63, 3.8) is 0 Å². The minimum absolute atomic E-state index is 0.0350. The minimum Gasteiger partial charge on any atom is -0.465 e. The predicted molar refractivity (Wildman–Crippen MR) is 81.4 cm³/mol. The van der Waals surface area contributed by atoms with Crippen LogP contribution in [0.15, 0.2) is 4.42 Å². The molecule has 1 aromatic heterocycles. The van der Waals surface area contributed by atoms with Crippen molar-refractivity contribution in [2.45, 2.75) is 66.9 Å². The van der Waals surface area contributed by atoms with E-state index < -0.39 is 0 Å². The largest absolute Gasteiger partial charge is 0.465 e. The third-order valence-electron chi connectivity index (χ3n) is 6.73. The summed E-state index contributed by atoms with van der Waals surface area (Å²) in [5.41, 5.74) is 1.89. The first kappa shape index (κ1) is 14.7. The molecule has 0 aliphatic heterocycles. The van der Waals surface area contributed by atoms with Crippen LogP contribution < -0.4 is 0 Å². The number of aryl methyl sites for hydroxylation is 2. The Bertz CT molecular complexity index is 596. The summed E-state index contributed by atoms with van der Waals surface area (Å²) < 4.78 is 11.5. The summed E-state index contributed by atoms with van der Waals surface area (Å²) in [6.45, 7) is 12.6. The van der Waals surface area contributed by atoms with Gasteiger partial charge in [0.15, 0.2) is 0 Å². The van der Waals surface area contributed by atoms with Crippen LogP contribution in [0.4, 0.5) is 0 Å². The second kappa shape index (κ2) is 4.37. The molecule has 116 valence electrons. The average molecular weight is 290 g/mol. The quantitative estimate of drug-likeness (QED) is 0.749. The lowest BCUT2D eigenvalue weighted by Crippen LogP contribution is -2.38. The lowest BCUT2D eigenvalue weighted by molar-refractivity contribution is -0.0244. The van der Waals surface area contributed by atoms with E-state index in [4.69, 9.17) is 9.15 Å². The van der Waals surface area contributed by atoms with E-state index in [9.17, 15) is 4.79 Å². The van der Waals surface area contributed by atoms with E-state index in [2.05, 4.69) is 20.8 Å². The normalized spacial score (nSPS) is 33.4. The monoisotopic (exact) mass is 290 g/mol. The van der Waals surface area contributed by atoms with Gasteiger partial charge in [0.25, 0.3) is 0 Å². The first-order valence-corrected chi connectivity index (χ1v) is 7.96. The minimum atomic E-state index is -0.212. The van der Waals surface area contributed by atoms with Crippen molar-refractivity contribution in [2.75, 3.05) is 0 Å². The zero-order chi connectivity index (χ0) is 15.6. The molecule has 3 atom stereocenters. The number of ether oxygens (including phenoxy) is 1. The Kier molecular flexibility index (Phi) is 3.06. The van der Waals surface area contributed by atoms with Gasteiger partial charge in [0.2, 0.25) is 0 Å². The summed E-state index contributed by atoms with van der Waals surface area (Å²) in [6.07, 6.45) is 3.46. The third-order valence-corrected chi connectivity index (χ3v) is 6.73. The highest BCUT2D eigenvalue weighted by Gasteiger charge is 2.62. The molecule has 2 saturated carbocycles. The second-order valence-corrected chi connectivity index (χ2v) is 7.72. The Hall–Kier alpha value is -1.25. The molecular formula is C18H26O3. The van der Waals surface area contributed by atoms with Crippen LogP contribution >= 0.6 is 0 Å². The lowest BCUT2D eigenvalue weighted by Gasteiger charge is -2.38. The van der Waals surface area contributed by atoms with Gasteiger partial charge in [-0.1, -0.05) is 20.8 Å². The molecule has 21 heavy (non-hydrogen) atoms. The fourth-order valence-electron chi connectivity index (χ4n) is 4.59. The van der Waals surface area contributed by atoms with Crippen molar-refractivity contribution in [1.82, 2.24) is 0 Å². The predicted octanol–water partition coefficient (Wildman–Crippen LogP) is 4.58. The Labute approximate surface area is 127 Å². The van der Waals surface area contributed by atoms with Crippen LogP contribution in [0, 0.1) is 37.5 Å². The fourth-order valence-corrected chi connectivity index (χ4v) is 4.59. The SMILES string of the molecule is Cc1oc(C)c(C(=O)OC2CC3CCC2(C)C3(C)C)c1C. The molecule has 1 heterocycles. The molecule has 2 aliphatic carbocycles. The number of hydrogen-bond donors (Lipinski definition) is 0. The maximum absolute atomic E-state index is 12.6. The number of hydrogen-bond acceptors (Lipinski definition) is 3. The van der Waals surface area contributed by atoms with Gasteiger partial charge in [-0.3, -0.25) is 0 Å². The summed E-state index contributed by atoms with van der Waals surface area (Å²) in [5, 5.41) is 0. The number of rotatable bonds is 2. The van der Waals surface area contributed by atoms with Crippen molar-refractivity contribution in [3.05, 3.63) is 22.6 Å². The molecule has 3 heteroatoms. The van der Waals surface area contributed by atoms with Gasteiger partial charge in [0.1, 0.15) is 23.2 Å². The van der Waals surface area contributed by atoms with Crippen LogP contribution in [0.25, 0.3) is 0 Å². The van der Waals surface area contributed by atoms with E-state index in [-0.39, 0.29) is 22.9 Å². The van der Waals surface area contributed by atoms with E-state index in [0.29, 0.717) is 17.2 Å². The van der Waals surface area contributed by atoms with Gasteiger partial charge in [-0.25, -0.2) is 4.79 Å². The van der Waals surface area contributed by atoms with E-state index in [1.54, 1.807) is 0 Å². The molecule has 2 bridgehead atoms. The number of carbonyl (C=O) groups is 1. The zero-order valence-corrected chi connectivity index (χ0v) is 14.0. The first-order chi connectivity index (χ1) is 9.68. The summed E-state index contributed by atoms with van der Waals surface area (Å²) in [6, 6.07) is 0. The van der Waals surface area contributed by atoms with Crippen LogP contribution in [0.1, 0.15) is 67.5 Å². The molecule has 0 aromatic carbocycles. The van der Waals surface area contributed by atoms with Crippen LogP contribution in [0.5, 0.6) is 0 Å². The molecule has 3 nitrogen and oxygen atoms in total. The Balaban J connectivity index is 1.84. The van der Waals surface area contributed by atoms with Crippen molar-refractivity contribution < 1.29 is 13.9 Å². The zero-order valence-electron chi connectivity index (χ0n) is 14.0. The van der Waals surface area contributed by atoms with Crippen LogP contribution in [0.3, 0.4) is 0 Å². The number of furan rings is 1. The molecule has 0 saturated heterocycles. The van der Waals surface area contributed by atoms with Gasteiger partial charge >= 0.3 is 5.97 Å².